The van der Waals surface area contributed by atoms with Gasteiger partial charge < -0.3 is 14.4 Å². The van der Waals surface area contributed by atoms with E-state index in [9.17, 15) is 9.18 Å². The number of hydrogen-bond acceptors (Lipinski definition) is 5. The van der Waals surface area contributed by atoms with Gasteiger partial charge in [0.05, 0.1) is 19.3 Å². The number of methoxy groups -OCH3 is 1. The maximum Gasteiger partial charge on any atom is 0.255 e. The first-order valence-electron chi connectivity index (χ1n) is 9.03. The quantitative estimate of drug-likeness (QED) is 0.779. The molecule has 1 amide bonds. The molecule has 6 nitrogen and oxygen atoms in total. The Kier molecular flexibility index (Phi) is 6.24. The van der Waals surface area contributed by atoms with Crippen molar-refractivity contribution in [2.45, 2.75) is 13.5 Å². The fourth-order valence-corrected chi connectivity index (χ4v) is 3.10. The van der Waals surface area contributed by atoms with Gasteiger partial charge in [-0.25, -0.2) is 9.37 Å². The van der Waals surface area contributed by atoms with Crippen molar-refractivity contribution in [3.05, 3.63) is 53.5 Å². The van der Waals surface area contributed by atoms with Gasteiger partial charge in [-0.1, -0.05) is 6.07 Å². The highest BCUT2D eigenvalue weighted by molar-refractivity contribution is 5.94. The van der Waals surface area contributed by atoms with E-state index < -0.39 is 0 Å². The number of carbonyl (C=O) groups excluding carboxylic acids is 1. The first-order chi connectivity index (χ1) is 13.1. The number of benzene rings is 1. The van der Waals surface area contributed by atoms with Gasteiger partial charge in [0, 0.05) is 45.0 Å². The van der Waals surface area contributed by atoms with Crippen molar-refractivity contribution in [3.63, 3.8) is 0 Å². The van der Waals surface area contributed by atoms with Crippen LogP contribution in [0.2, 0.25) is 0 Å². The third-order valence-electron chi connectivity index (χ3n) is 4.56. The Morgan fingerprint density at radius 2 is 1.96 bits per heavy atom. The Hall–Kier alpha value is -2.67. The molecule has 2 heterocycles. The molecule has 1 aromatic heterocycles. The highest BCUT2D eigenvalue weighted by Gasteiger charge is 2.22. The Morgan fingerprint density at radius 3 is 2.56 bits per heavy atom. The maximum atomic E-state index is 13.8. The van der Waals surface area contributed by atoms with E-state index in [1.54, 1.807) is 24.4 Å². The Morgan fingerprint density at radius 1 is 1.19 bits per heavy atom. The van der Waals surface area contributed by atoms with Crippen LogP contribution in [0.15, 0.2) is 36.5 Å². The summed E-state index contributed by atoms with van der Waals surface area (Å²) in [6, 6.07) is 8.47. The SMILES string of the molecule is CCOc1ccc(C(=O)N2CCN(Cc3ccc(OC)c(F)c3)CC2)cn1. The average Bonchev–Trinajstić information content (AvgIpc) is 2.69. The minimum atomic E-state index is -0.355. The molecule has 3 rings (SSSR count). The third-order valence-corrected chi connectivity index (χ3v) is 4.56. The van der Waals surface area contributed by atoms with Crippen molar-refractivity contribution in [2.24, 2.45) is 0 Å². The first kappa shape index (κ1) is 19.1. The fourth-order valence-electron chi connectivity index (χ4n) is 3.10. The standard InChI is InChI=1S/C20H24FN3O3/c1-3-27-19-7-5-16(13-22-19)20(25)24-10-8-23(9-11-24)14-15-4-6-18(26-2)17(21)12-15/h4-7,12-13H,3,8-11,14H2,1-2H3. The zero-order chi connectivity index (χ0) is 19.2. The summed E-state index contributed by atoms with van der Waals surface area (Å²) in [6.07, 6.45) is 1.56. The highest BCUT2D eigenvalue weighted by atomic mass is 19.1. The first-order valence-corrected chi connectivity index (χ1v) is 9.03. The second-order valence-electron chi connectivity index (χ2n) is 6.36. The molecule has 1 saturated heterocycles. The molecule has 1 fully saturated rings. The number of piperazine rings is 1. The van der Waals surface area contributed by atoms with Gasteiger partial charge >= 0.3 is 0 Å². The van der Waals surface area contributed by atoms with E-state index in [0.717, 1.165) is 18.7 Å². The van der Waals surface area contributed by atoms with Crippen LogP contribution in [0.5, 0.6) is 11.6 Å². The minimum Gasteiger partial charge on any atom is -0.494 e. The van der Waals surface area contributed by atoms with Gasteiger partial charge in [0.25, 0.3) is 5.91 Å². The van der Waals surface area contributed by atoms with Crippen LogP contribution in [-0.2, 0) is 6.54 Å². The zero-order valence-electron chi connectivity index (χ0n) is 15.7. The number of aromatic nitrogens is 1. The largest absolute Gasteiger partial charge is 0.494 e. The van der Waals surface area contributed by atoms with E-state index in [2.05, 4.69) is 9.88 Å². The maximum absolute atomic E-state index is 13.8. The van der Waals surface area contributed by atoms with Crippen LogP contribution in [0, 0.1) is 5.82 Å². The number of halogens is 1. The lowest BCUT2D eigenvalue weighted by Crippen LogP contribution is -2.48. The molecule has 0 unspecified atom stereocenters. The fraction of sp³-hybridized carbons (Fsp3) is 0.400. The molecule has 1 aromatic carbocycles. The predicted octanol–water partition coefficient (Wildman–Crippen LogP) is 2.59. The van der Waals surface area contributed by atoms with Crippen LogP contribution in [0.25, 0.3) is 0 Å². The van der Waals surface area contributed by atoms with E-state index in [1.807, 2.05) is 17.9 Å². The van der Waals surface area contributed by atoms with Gasteiger partial charge in [-0.3, -0.25) is 9.69 Å². The van der Waals surface area contributed by atoms with Gasteiger partial charge in [0.1, 0.15) is 0 Å². The van der Waals surface area contributed by atoms with Crippen molar-refractivity contribution in [3.8, 4) is 11.6 Å². The summed E-state index contributed by atoms with van der Waals surface area (Å²) in [5, 5.41) is 0. The number of carbonyl (C=O) groups is 1. The smallest absolute Gasteiger partial charge is 0.255 e. The summed E-state index contributed by atoms with van der Waals surface area (Å²) < 4.78 is 24.1. The molecule has 2 aromatic rings. The van der Waals surface area contributed by atoms with E-state index in [-0.39, 0.29) is 17.5 Å². The lowest BCUT2D eigenvalue weighted by molar-refractivity contribution is 0.0628. The van der Waals surface area contributed by atoms with Crippen LogP contribution in [0.4, 0.5) is 4.39 Å². The summed E-state index contributed by atoms with van der Waals surface area (Å²) in [5.41, 5.74) is 1.45. The molecule has 1 aliphatic heterocycles. The molecular weight excluding hydrogens is 349 g/mol. The van der Waals surface area contributed by atoms with Crippen LogP contribution < -0.4 is 9.47 Å². The molecule has 27 heavy (non-hydrogen) atoms. The van der Waals surface area contributed by atoms with Gasteiger partial charge in [0.2, 0.25) is 5.88 Å². The summed E-state index contributed by atoms with van der Waals surface area (Å²) in [6.45, 7) is 5.82. The molecule has 0 saturated carbocycles. The third kappa shape index (κ3) is 4.74. The van der Waals surface area contributed by atoms with Gasteiger partial charge in [-0.2, -0.15) is 0 Å². The monoisotopic (exact) mass is 373 g/mol. The lowest BCUT2D eigenvalue weighted by atomic mass is 10.1. The molecular formula is C20H24FN3O3. The number of hydrogen-bond donors (Lipinski definition) is 0. The summed E-state index contributed by atoms with van der Waals surface area (Å²) >= 11 is 0. The van der Waals surface area contributed by atoms with Crippen molar-refractivity contribution in [1.29, 1.82) is 0 Å². The van der Waals surface area contributed by atoms with Crippen molar-refractivity contribution < 1.29 is 18.7 Å². The number of nitrogens with zero attached hydrogens (tertiary/aromatic N) is 3. The topological polar surface area (TPSA) is 54.9 Å². The van der Waals surface area contributed by atoms with E-state index in [4.69, 9.17) is 9.47 Å². The minimum absolute atomic E-state index is 0.0271. The average molecular weight is 373 g/mol. The summed E-state index contributed by atoms with van der Waals surface area (Å²) in [4.78, 5) is 20.8. The predicted molar refractivity (Wildman–Crippen MR) is 99.5 cm³/mol. The van der Waals surface area contributed by atoms with Crippen LogP contribution >= 0.6 is 0 Å². The Labute approximate surface area is 158 Å². The normalized spacial score (nSPS) is 14.9. The van der Waals surface area contributed by atoms with Crippen LogP contribution in [0.1, 0.15) is 22.8 Å². The molecule has 1 aliphatic rings. The van der Waals surface area contributed by atoms with Gasteiger partial charge in [0.15, 0.2) is 11.6 Å². The van der Waals surface area contributed by atoms with E-state index in [0.29, 0.717) is 37.7 Å². The highest BCUT2D eigenvalue weighted by Crippen LogP contribution is 2.19. The zero-order valence-corrected chi connectivity index (χ0v) is 15.7. The van der Waals surface area contributed by atoms with Crippen molar-refractivity contribution >= 4 is 5.91 Å². The van der Waals surface area contributed by atoms with E-state index in [1.165, 1.54) is 13.2 Å². The number of pyridine rings is 1. The van der Waals surface area contributed by atoms with E-state index >= 15 is 0 Å². The second-order valence-corrected chi connectivity index (χ2v) is 6.36. The molecule has 0 bridgehead atoms. The Balaban J connectivity index is 1.53. The molecule has 7 heteroatoms. The number of rotatable bonds is 6. The Bertz CT molecular complexity index is 775. The summed E-state index contributed by atoms with van der Waals surface area (Å²) in [7, 11) is 1.45. The molecule has 0 N–H and O–H groups in total. The second kappa shape index (κ2) is 8.81. The van der Waals surface area contributed by atoms with Crippen LogP contribution in [-0.4, -0.2) is 60.6 Å². The number of ether oxygens (including phenoxy) is 2. The molecule has 144 valence electrons. The molecule has 0 radical (unpaired) electrons. The van der Waals surface area contributed by atoms with Gasteiger partial charge in [-0.05, 0) is 30.7 Å². The number of amides is 1. The molecule has 0 spiro atoms. The molecule has 0 aliphatic carbocycles. The lowest BCUT2D eigenvalue weighted by Gasteiger charge is -2.34. The molecule has 0 atom stereocenters. The van der Waals surface area contributed by atoms with Gasteiger partial charge in [-0.15, -0.1) is 0 Å². The van der Waals surface area contributed by atoms with Crippen molar-refractivity contribution in [1.82, 2.24) is 14.8 Å². The van der Waals surface area contributed by atoms with Crippen LogP contribution in [0.3, 0.4) is 0 Å². The van der Waals surface area contributed by atoms with Crippen molar-refractivity contribution in [2.75, 3.05) is 39.9 Å². The summed E-state index contributed by atoms with van der Waals surface area (Å²) in [5.74, 6) is 0.385.